The lowest BCUT2D eigenvalue weighted by molar-refractivity contribution is 0.589. The van der Waals surface area contributed by atoms with Crippen molar-refractivity contribution < 1.29 is 8.78 Å². The van der Waals surface area contributed by atoms with Gasteiger partial charge in [0.15, 0.2) is 11.5 Å². The lowest BCUT2D eigenvalue weighted by Gasteiger charge is -2.04. The molecule has 3 rings (SSSR count). The maximum atomic E-state index is 13.6. The number of rotatable bonds is 2. The van der Waals surface area contributed by atoms with Gasteiger partial charge in [-0.1, -0.05) is 18.2 Å². The van der Waals surface area contributed by atoms with Crippen LogP contribution < -0.4 is 5.73 Å². The Morgan fingerprint density at radius 2 is 2.00 bits per heavy atom. The van der Waals surface area contributed by atoms with Crippen LogP contribution in [0.25, 0.3) is 11.0 Å². The number of nitrogen functional groups attached to an aromatic ring is 1. The second kappa shape index (κ2) is 4.31. The molecular formula is C13H10F2N4. The fraction of sp³-hybridized carbons (Fsp3) is 0.0769. The highest BCUT2D eigenvalue weighted by Gasteiger charge is 2.12. The number of hydrogen-bond acceptors (Lipinski definition) is 3. The fourth-order valence-corrected chi connectivity index (χ4v) is 1.96. The van der Waals surface area contributed by atoms with Crippen molar-refractivity contribution in [3.8, 4) is 0 Å². The van der Waals surface area contributed by atoms with Gasteiger partial charge in [-0.2, -0.15) is 5.10 Å². The Hall–Kier alpha value is -2.50. The van der Waals surface area contributed by atoms with Crippen molar-refractivity contribution >= 4 is 16.9 Å². The summed E-state index contributed by atoms with van der Waals surface area (Å²) in [4.78, 5) is 3.95. The predicted molar refractivity (Wildman–Crippen MR) is 67.4 cm³/mol. The molecule has 0 saturated carbocycles. The van der Waals surface area contributed by atoms with Crippen LogP contribution in [0.1, 0.15) is 5.56 Å². The third-order valence-corrected chi connectivity index (χ3v) is 2.86. The molecule has 0 unspecified atom stereocenters. The summed E-state index contributed by atoms with van der Waals surface area (Å²) in [7, 11) is 0. The second-order valence-corrected chi connectivity index (χ2v) is 4.16. The third kappa shape index (κ3) is 2.01. The van der Waals surface area contributed by atoms with Crippen molar-refractivity contribution in [1.29, 1.82) is 0 Å². The first-order valence-electron chi connectivity index (χ1n) is 5.66. The third-order valence-electron chi connectivity index (χ3n) is 2.86. The SMILES string of the molecule is Nc1nn(Cc2ccccc2F)c2ncc(F)cc12. The van der Waals surface area contributed by atoms with Gasteiger partial charge in [-0.15, -0.1) is 0 Å². The molecule has 4 nitrogen and oxygen atoms in total. The Morgan fingerprint density at radius 1 is 1.21 bits per heavy atom. The van der Waals surface area contributed by atoms with E-state index in [1.807, 2.05) is 0 Å². The molecule has 0 spiro atoms. The molecule has 6 heteroatoms. The van der Waals surface area contributed by atoms with Crippen LogP contribution in [0.3, 0.4) is 0 Å². The molecule has 0 radical (unpaired) electrons. The van der Waals surface area contributed by atoms with Crippen LogP contribution in [0.4, 0.5) is 14.6 Å². The lowest BCUT2D eigenvalue weighted by atomic mass is 10.2. The smallest absolute Gasteiger partial charge is 0.160 e. The van der Waals surface area contributed by atoms with Crippen LogP contribution in [0.2, 0.25) is 0 Å². The summed E-state index contributed by atoms with van der Waals surface area (Å²) in [5.74, 6) is -0.630. The molecule has 96 valence electrons. The molecule has 1 aromatic carbocycles. The molecule has 0 amide bonds. The molecule has 0 aliphatic heterocycles. The lowest BCUT2D eigenvalue weighted by Crippen LogP contribution is -2.05. The largest absolute Gasteiger partial charge is 0.382 e. The quantitative estimate of drug-likeness (QED) is 0.769. The number of benzene rings is 1. The van der Waals surface area contributed by atoms with Crippen molar-refractivity contribution in [3.63, 3.8) is 0 Å². The Kier molecular flexibility index (Phi) is 2.63. The van der Waals surface area contributed by atoms with E-state index in [9.17, 15) is 8.78 Å². The van der Waals surface area contributed by atoms with Gasteiger partial charge in [-0.05, 0) is 12.1 Å². The van der Waals surface area contributed by atoms with Gasteiger partial charge < -0.3 is 5.73 Å². The summed E-state index contributed by atoms with van der Waals surface area (Å²) in [6.07, 6.45) is 1.08. The minimum atomic E-state index is -0.482. The molecule has 0 fully saturated rings. The molecule has 2 heterocycles. The minimum Gasteiger partial charge on any atom is -0.382 e. The summed E-state index contributed by atoms with van der Waals surface area (Å²) in [6, 6.07) is 7.64. The van der Waals surface area contributed by atoms with E-state index < -0.39 is 5.82 Å². The molecule has 2 aromatic heterocycles. The normalized spacial score (nSPS) is 11.1. The monoisotopic (exact) mass is 260 g/mol. The summed E-state index contributed by atoms with van der Waals surface area (Å²) >= 11 is 0. The number of anilines is 1. The first-order chi connectivity index (χ1) is 9.15. The Labute approximate surface area is 107 Å². The van der Waals surface area contributed by atoms with E-state index in [0.717, 1.165) is 6.20 Å². The van der Waals surface area contributed by atoms with Crippen LogP contribution in [0, 0.1) is 11.6 Å². The Bertz CT molecular complexity index is 751. The number of nitrogens with two attached hydrogens (primary N) is 1. The van der Waals surface area contributed by atoms with Crippen LogP contribution in [-0.2, 0) is 6.54 Å². The van der Waals surface area contributed by atoms with Crippen LogP contribution in [0.15, 0.2) is 36.5 Å². The van der Waals surface area contributed by atoms with Gasteiger partial charge in [-0.25, -0.2) is 18.4 Å². The molecule has 2 N–H and O–H groups in total. The number of halogens is 2. The van der Waals surface area contributed by atoms with Crippen LogP contribution in [0.5, 0.6) is 0 Å². The molecule has 19 heavy (non-hydrogen) atoms. The number of hydrogen-bond donors (Lipinski definition) is 1. The number of fused-ring (bicyclic) bond motifs is 1. The van der Waals surface area contributed by atoms with Gasteiger partial charge in [0.1, 0.15) is 11.6 Å². The zero-order chi connectivity index (χ0) is 13.4. The van der Waals surface area contributed by atoms with E-state index in [2.05, 4.69) is 10.1 Å². The molecule has 0 bridgehead atoms. The zero-order valence-electron chi connectivity index (χ0n) is 9.85. The van der Waals surface area contributed by atoms with Gasteiger partial charge in [0, 0.05) is 5.56 Å². The van der Waals surface area contributed by atoms with Crippen molar-refractivity contribution in [1.82, 2.24) is 14.8 Å². The minimum absolute atomic E-state index is 0.179. The molecule has 0 saturated heterocycles. The van der Waals surface area contributed by atoms with Crippen LogP contribution in [-0.4, -0.2) is 14.8 Å². The average Bonchev–Trinajstić information content (AvgIpc) is 2.69. The predicted octanol–water partition coefficient (Wildman–Crippen LogP) is 2.34. The van der Waals surface area contributed by atoms with Gasteiger partial charge in [0.05, 0.1) is 18.1 Å². The summed E-state index contributed by atoms with van der Waals surface area (Å²) in [5, 5.41) is 4.49. The van der Waals surface area contributed by atoms with E-state index in [4.69, 9.17) is 5.73 Å². The van der Waals surface area contributed by atoms with E-state index in [1.54, 1.807) is 18.2 Å². The van der Waals surface area contributed by atoms with Crippen molar-refractivity contribution in [2.75, 3.05) is 5.73 Å². The number of nitrogens with zero attached hydrogens (tertiary/aromatic N) is 3. The van der Waals surface area contributed by atoms with Crippen LogP contribution >= 0.6 is 0 Å². The highest BCUT2D eigenvalue weighted by atomic mass is 19.1. The number of aromatic nitrogens is 3. The van der Waals surface area contributed by atoms with Gasteiger partial charge in [-0.3, -0.25) is 0 Å². The van der Waals surface area contributed by atoms with E-state index in [-0.39, 0.29) is 18.2 Å². The van der Waals surface area contributed by atoms with Crippen molar-refractivity contribution in [3.05, 3.63) is 53.7 Å². The van der Waals surface area contributed by atoms with E-state index in [0.29, 0.717) is 16.6 Å². The maximum Gasteiger partial charge on any atom is 0.160 e. The van der Waals surface area contributed by atoms with Crippen molar-refractivity contribution in [2.45, 2.75) is 6.54 Å². The molecule has 0 aliphatic rings. The van der Waals surface area contributed by atoms with Crippen molar-refractivity contribution in [2.24, 2.45) is 0 Å². The maximum absolute atomic E-state index is 13.6. The zero-order valence-corrected chi connectivity index (χ0v) is 9.85. The Morgan fingerprint density at radius 3 is 2.79 bits per heavy atom. The summed E-state index contributed by atoms with van der Waals surface area (Å²) in [6.45, 7) is 0.193. The highest BCUT2D eigenvalue weighted by Crippen LogP contribution is 2.20. The highest BCUT2D eigenvalue weighted by molar-refractivity contribution is 5.86. The fourth-order valence-electron chi connectivity index (χ4n) is 1.96. The van der Waals surface area contributed by atoms with Gasteiger partial charge in [0.2, 0.25) is 0 Å². The summed E-state index contributed by atoms with van der Waals surface area (Å²) in [5.41, 5.74) is 6.61. The first kappa shape index (κ1) is 11.6. The average molecular weight is 260 g/mol. The van der Waals surface area contributed by atoms with Gasteiger partial charge in [0.25, 0.3) is 0 Å². The second-order valence-electron chi connectivity index (χ2n) is 4.16. The molecule has 3 aromatic rings. The van der Waals surface area contributed by atoms with E-state index >= 15 is 0 Å². The van der Waals surface area contributed by atoms with Gasteiger partial charge >= 0.3 is 0 Å². The standard InChI is InChI=1S/C13H10F2N4/c14-9-5-10-12(16)18-19(13(10)17-6-9)7-8-3-1-2-4-11(8)15/h1-6H,7H2,(H2,16,18). The van der Waals surface area contributed by atoms with E-state index in [1.165, 1.54) is 16.8 Å². The molecule has 0 aliphatic carbocycles. The number of pyridine rings is 1. The first-order valence-corrected chi connectivity index (χ1v) is 5.66. The molecular weight excluding hydrogens is 250 g/mol. The topological polar surface area (TPSA) is 56.7 Å². The summed E-state index contributed by atoms with van der Waals surface area (Å²) < 4.78 is 28.2. The Balaban J connectivity index is 2.09. The molecule has 0 atom stereocenters.